The van der Waals surface area contributed by atoms with Crippen LogP contribution in [0.2, 0.25) is 0 Å². The monoisotopic (exact) mass is 341 g/mol. The van der Waals surface area contributed by atoms with Crippen LogP contribution in [0, 0.1) is 0 Å². The van der Waals surface area contributed by atoms with Gasteiger partial charge in [-0.15, -0.1) is 0 Å². The Morgan fingerprint density at radius 1 is 1.43 bits per heavy atom. The maximum atomic E-state index is 12.4. The molecule has 4 atom stereocenters. The van der Waals surface area contributed by atoms with E-state index in [1.54, 1.807) is 5.32 Å². The van der Waals surface area contributed by atoms with E-state index in [1.165, 1.54) is 0 Å². The topological polar surface area (TPSA) is 128 Å². The largest absolute Gasteiger partial charge is 0.471 e. The molecule has 0 aliphatic carbocycles. The van der Waals surface area contributed by atoms with Crippen molar-refractivity contribution in [2.24, 2.45) is 0 Å². The van der Waals surface area contributed by atoms with Crippen molar-refractivity contribution < 1.29 is 42.5 Å². The number of nitrogens with zero attached hydrogens (tertiary/aromatic N) is 1. The molecule has 0 saturated carbocycles. The van der Waals surface area contributed by atoms with Crippen molar-refractivity contribution >= 4 is 17.8 Å². The molecule has 2 aliphatic rings. The third-order valence-corrected chi connectivity index (χ3v) is 3.50. The lowest BCUT2D eigenvalue weighted by Gasteiger charge is -2.34. The fourth-order valence-electron chi connectivity index (χ4n) is 2.37. The van der Waals surface area contributed by atoms with Crippen LogP contribution in [-0.4, -0.2) is 76.8 Å². The summed E-state index contributed by atoms with van der Waals surface area (Å²) in [6, 6.07) is -2.54. The molecule has 2 aliphatic heterocycles. The summed E-state index contributed by atoms with van der Waals surface area (Å²) in [5, 5.41) is 22.5. The summed E-state index contributed by atoms with van der Waals surface area (Å²) >= 11 is 0. The van der Waals surface area contributed by atoms with E-state index in [9.17, 15) is 32.7 Å². The predicted molar refractivity (Wildman–Crippen MR) is 64.6 cm³/mol. The molecule has 9 nitrogen and oxygen atoms in total. The maximum Gasteiger partial charge on any atom is 0.471 e. The summed E-state index contributed by atoms with van der Waals surface area (Å²) < 4.78 is 42.3. The van der Waals surface area contributed by atoms with Gasteiger partial charge in [-0.25, -0.2) is 4.79 Å². The number of hydrogen-bond acceptors (Lipinski definition) is 6. The summed E-state index contributed by atoms with van der Waals surface area (Å²) in [7, 11) is 0. The molecule has 0 radical (unpaired) electrons. The first-order chi connectivity index (χ1) is 10.6. The van der Waals surface area contributed by atoms with Crippen LogP contribution >= 0.6 is 0 Å². The summed E-state index contributed by atoms with van der Waals surface area (Å²) in [4.78, 5) is 34.8. The number of amides is 4. The lowest BCUT2D eigenvalue weighted by molar-refractivity contribution is -0.175. The molecule has 0 spiro atoms. The number of halogens is 3. The van der Waals surface area contributed by atoms with E-state index >= 15 is 0 Å². The van der Waals surface area contributed by atoms with Gasteiger partial charge in [0.1, 0.15) is 18.2 Å². The number of rotatable bonds is 3. The number of nitrogens with one attached hydrogen (secondary N) is 2. The number of imide groups is 1. The van der Waals surface area contributed by atoms with Crippen molar-refractivity contribution in [1.29, 1.82) is 0 Å². The summed E-state index contributed by atoms with van der Waals surface area (Å²) in [6.45, 7) is -0.900. The normalized spacial score (nSPS) is 32.0. The van der Waals surface area contributed by atoms with Crippen LogP contribution in [0.5, 0.6) is 0 Å². The van der Waals surface area contributed by atoms with Crippen LogP contribution in [0.3, 0.4) is 0 Å². The number of aliphatic hydroxyl groups is 2. The van der Waals surface area contributed by atoms with Crippen molar-refractivity contribution in [1.82, 2.24) is 15.5 Å². The number of aliphatic hydroxyl groups excluding tert-OH is 2. The van der Waals surface area contributed by atoms with Gasteiger partial charge in [-0.05, 0) is 0 Å². The Hall–Kier alpha value is -1.92. The zero-order valence-electron chi connectivity index (χ0n) is 11.5. The number of carbonyl (C=O) groups excluding carboxylic acids is 3. The third kappa shape index (κ3) is 3.54. The van der Waals surface area contributed by atoms with E-state index in [-0.39, 0.29) is 13.0 Å². The smallest absolute Gasteiger partial charge is 0.394 e. The first-order valence-corrected chi connectivity index (χ1v) is 6.57. The Morgan fingerprint density at radius 3 is 2.61 bits per heavy atom. The Balaban J connectivity index is 2.19. The highest BCUT2D eigenvalue weighted by atomic mass is 19.4. The molecule has 12 heteroatoms. The molecule has 0 bridgehead atoms. The van der Waals surface area contributed by atoms with Crippen LogP contribution in [-0.2, 0) is 14.3 Å². The average molecular weight is 341 g/mol. The van der Waals surface area contributed by atoms with Crippen LogP contribution < -0.4 is 10.6 Å². The first kappa shape index (κ1) is 17.4. The van der Waals surface area contributed by atoms with Crippen molar-refractivity contribution in [3.8, 4) is 0 Å². The molecule has 0 aromatic carbocycles. The minimum absolute atomic E-state index is 0.120. The zero-order chi connectivity index (χ0) is 17.4. The Kier molecular flexibility index (Phi) is 4.77. The van der Waals surface area contributed by atoms with Gasteiger partial charge in [-0.1, -0.05) is 0 Å². The van der Waals surface area contributed by atoms with Gasteiger partial charge >= 0.3 is 18.1 Å². The third-order valence-electron chi connectivity index (χ3n) is 3.50. The SMILES string of the molecule is O=C1CCN(C2OC(CO)C(O)C2NC(=O)C(F)(F)F)C(=O)N1. The van der Waals surface area contributed by atoms with Crippen molar-refractivity contribution in [2.75, 3.05) is 13.2 Å². The van der Waals surface area contributed by atoms with Gasteiger partial charge in [0, 0.05) is 13.0 Å². The van der Waals surface area contributed by atoms with Crippen LogP contribution in [0.4, 0.5) is 18.0 Å². The summed E-state index contributed by atoms with van der Waals surface area (Å²) in [6.07, 6.45) is -9.72. The Labute approximate surface area is 127 Å². The molecule has 130 valence electrons. The molecule has 2 rings (SSSR count). The highest BCUT2D eigenvalue weighted by Crippen LogP contribution is 2.26. The van der Waals surface area contributed by atoms with Crippen molar-refractivity contribution in [3.63, 3.8) is 0 Å². The van der Waals surface area contributed by atoms with Gasteiger partial charge in [-0.3, -0.25) is 19.8 Å². The predicted octanol–water partition coefficient (Wildman–Crippen LogP) is -1.95. The van der Waals surface area contributed by atoms with Crippen LogP contribution in [0.1, 0.15) is 6.42 Å². The summed E-state index contributed by atoms with van der Waals surface area (Å²) in [5.41, 5.74) is 0. The van der Waals surface area contributed by atoms with Gasteiger partial charge in [0.05, 0.1) is 6.61 Å². The van der Waals surface area contributed by atoms with E-state index in [0.717, 1.165) is 4.90 Å². The molecular formula is C11H14F3N3O6. The fraction of sp³-hybridized carbons (Fsp3) is 0.727. The number of ether oxygens (including phenoxy) is 1. The van der Waals surface area contributed by atoms with Gasteiger partial charge in [0.15, 0.2) is 6.23 Å². The van der Waals surface area contributed by atoms with E-state index in [1.807, 2.05) is 5.32 Å². The molecule has 2 heterocycles. The van der Waals surface area contributed by atoms with E-state index in [4.69, 9.17) is 9.84 Å². The number of alkyl halides is 3. The van der Waals surface area contributed by atoms with E-state index in [2.05, 4.69) is 0 Å². The highest BCUT2D eigenvalue weighted by molar-refractivity contribution is 5.96. The van der Waals surface area contributed by atoms with Gasteiger partial charge in [0.25, 0.3) is 0 Å². The second-order valence-corrected chi connectivity index (χ2v) is 5.03. The zero-order valence-corrected chi connectivity index (χ0v) is 11.5. The average Bonchev–Trinajstić information content (AvgIpc) is 2.75. The molecule has 0 aromatic heterocycles. The van der Waals surface area contributed by atoms with Gasteiger partial charge in [0.2, 0.25) is 5.91 Å². The van der Waals surface area contributed by atoms with Crippen molar-refractivity contribution in [3.05, 3.63) is 0 Å². The highest BCUT2D eigenvalue weighted by Gasteiger charge is 2.51. The lowest BCUT2D eigenvalue weighted by Crippen LogP contribution is -2.61. The first-order valence-electron chi connectivity index (χ1n) is 6.57. The second kappa shape index (κ2) is 6.29. The molecule has 4 N–H and O–H groups in total. The molecular weight excluding hydrogens is 327 g/mol. The number of hydrogen-bond donors (Lipinski definition) is 4. The van der Waals surface area contributed by atoms with Crippen LogP contribution in [0.25, 0.3) is 0 Å². The van der Waals surface area contributed by atoms with Crippen molar-refractivity contribution in [2.45, 2.75) is 37.1 Å². The van der Waals surface area contributed by atoms with Gasteiger partial charge < -0.3 is 20.3 Å². The molecule has 4 amide bonds. The van der Waals surface area contributed by atoms with Crippen LogP contribution in [0.15, 0.2) is 0 Å². The Bertz CT molecular complexity index is 514. The molecule has 2 saturated heterocycles. The Morgan fingerprint density at radius 2 is 2.09 bits per heavy atom. The van der Waals surface area contributed by atoms with E-state index in [0.29, 0.717) is 0 Å². The summed E-state index contributed by atoms with van der Waals surface area (Å²) in [5.74, 6) is -2.89. The fourth-order valence-corrected chi connectivity index (χ4v) is 2.37. The minimum Gasteiger partial charge on any atom is -0.394 e. The maximum absolute atomic E-state index is 12.4. The second-order valence-electron chi connectivity index (χ2n) is 5.03. The molecule has 23 heavy (non-hydrogen) atoms. The standard InChI is InChI=1S/C11H14F3N3O6/c12-11(13,14)9(21)16-6-7(20)4(3-18)23-8(6)17-2-1-5(19)15-10(17)22/h4,6-8,18,20H,1-3H2,(H,16,21)(H,15,19,22). The molecule has 4 unspecified atom stereocenters. The number of carbonyl (C=O) groups is 3. The lowest BCUT2D eigenvalue weighted by atomic mass is 10.1. The number of urea groups is 1. The van der Waals surface area contributed by atoms with Gasteiger partial charge in [-0.2, -0.15) is 13.2 Å². The quantitative estimate of drug-likeness (QED) is 0.473. The minimum atomic E-state index is -5.19. The van der Waals surface area contributed by atoms with E-state index < -0.39 is 55.1 Å². The molecule has 0 aromatic rings. The molecule has 2 fully saturated rings.